The normalized spacial score (nSPS) is 10.3. The van der Waals surface area contributed by atoms with Gasteiger partial charge in [-0.05, 0) is 5.56 Å². The molecule has 0 atom stereocenters. The van der Waals surface area contributed by atoms with Crippen molar-refractivity contribution in [3.63, 3.8) is 0 Å². The summed E-state index contributed by atoms with van der Waals surface area (Å²) in [6, 6.07) is 9.41. The van der Waals surface area contributed by atoms with E-state index in [4.69, 9.17) is 9.84 Å². The maximum atomic E-state index is 12.1. The van der Waals surface area contributed by atoms with E-state index in [1.807, 2.05) is 0 Å². The van der Waals surface area contributed by atoms with Crippen LogP contribution in [-0.4, -0.2) is 43.7 Å². The Balaban J connectivity index is 2.21. The van der Waals surface area contributed by atoms with Crippen molar-refractivity contribution in [1.29, 1.82) is 0 Å². The lowest BCUT2D eigenvalue weighted by atomic mass is 10.2. The van der Waals surface area contributed by atoms with E-state index in [0.717, 1.165) is 6.07 Å². The molecule has 0 saturated heterocycles. The lowest BCUT2D eigenvalue weighted by Crippen LogP contribution is -2.43. The number of aliphatic carboxylic acids is 1. The van der Waals surface area contributed by atoms with Crippen molar-refractivity contribution in [1.82, 2.24) is 4.68 Å². The SMILES string of the molecule is O=C(O)CN(C(=O)OCc1ccccc1)n1c(O)cc(O)c1O. The van der Waals surface area contributed by atoms with Crippen LogP contribution in [0.1, 0.15) is 5.56 Å². The molecule has 0 aliphatic carbocycles. The number of aromatic nitrogens is 1. The second-order valence-corrected chi connectivity index (χ2v) is 4.51. The molecule has 0 bridgehead atoms. The summed E-state index contributed by atoms with van der Waals surface area (Å²) >= 11 is 0. The van der Waals surface area contributed by atoms with Crippen molar-refractivity contribution >= 4 is 12.1 Å². The fraction of sp³-hybridized carbons (Fsp3) is 0.143. The molecule has 0 aliphatic rings. The minimum atomic E-state index is -1.41. The highest BCUT2D eigenvalue weighted by molar-refractivity contribution is 5.86. The Morgan fingerprint density at radius 2 is 1.78 bits per heavy atom. The van der Waals surface area contributed by atoms with Gasteiger partial charge in [0, 0.05) is 6.07 Å². The van der Waals surface area contributed by atoms with E-state index in [2.05, 4.69) is 0 Å². The van der Waals surface area contributed by atoms with Crippen LogP contribution >= 0.6 is 0 Å². The van der Waals surface area contributed by atoms with Crippen LogP contribution in [0, 0.1) is 0 Å². The summed E-state index contributed by atoms with van der Waals surface area (Å²) in [5.74, 6) is -3.74. The number of amides is 1. The fourth-order valence-corrected chi connectivity index (χ4v) is 1.84. The van der Waals surface area contributed by atoms with Crippen LogP contribution < -0.4 is 5.01 Å². The number of carbonyl (C=O) groups is 2. The van der Waals surface area contributed by atoms with Gasteiger partial charge in [0.25, 0.3) is 5.88 Å². The summed E-state index contributed by atoms with van der Waals surface area (Å²) in [7, 11) is 0. The van der Waals surface area contributed by atoms with E-state index in [0.29, 0.717) is 15.2 Å². The molecule has 4 N–H and O–H groups in total. The maximum absolute atomic E-state index is 12.1. The lowest BCUT2D eigenvalue weighted by Gasteiger charge is -2.22. The van der Waals surface area contributed by atoms with Crippen LogP contribution in [0.2, 0.25) is 0 Å². The molecule has 0 aliphatic heterocycles. The molecule has 2 rings (SSSR count). The molecule has 2 aromatic rings. The fourth-order valence-electron chi connectivity index (χ4n) is 1.84. The quantitative estimate of drug-likeness (QED) is 0.644. The highest BCUT2D eigenvalue weighted by Crippen LogP contribution is 2.33. The van der Waals surface area contributed by atoms with E-state index < -0.39 is 36.1 Å². The monoisotopic (exact) mass is 322 g/mol. The van der Waals surface area contributed by atoms with Crippen LogP contribution in [0.3, 0.4) is 0 Å². The number of benzene rings is 1. The first-order valence-corrected chi connectivity index (χ1v) is 6.43. The van der Waals surface area contributed by atoms with Crippen LogP contribution in [-0.2, 0) is 16.1 Å². The number of hydrogen-bond acceptors (Lipinski definition) is 6. The minimum absolute atomic E-state index is 0.134. The van der Waals surface area contributed by atoms with E-state index in [-0.39, 0.29) is 6.61 Å². The second kappa shape index (κ2) is 6.60. The molecule has 9 heteroatoms. The standard InChI is InChI=1S/C14H14N2O7/c17-10-6-11(18)16(13(10)21)15(7-12(19)20)14(22)23-8-9-4-2-1-3-5-9/h1-6,17-18,21H,7-8H2,(H,19,20). The van der Waals surface area contributed by atoms with Gasteiger partial charge in [0.2, 0.25) is 5.88 Å². The maximum Gasteiger partial charge on any atom is 0.430 e. The molecule has 1 heterocycles. The van der Waals surface area contributed by atoms with Crippen LogP contribution in [0.25, 0.3) is 0 Å². The molecule has 0 radical (unpaired) electrons. The third kappa shape index (κ3) is 3.64. The van der Waals surface area contributed by atoms with Crippen LogP contribution in [0.5, 0.6) is 17.5 Å². The Morgan fingerprint density at radius 3 is 2.30 bits per heavy atom. The van der Waals surface area contributed by atoms with Gasteiger partial charge in [-0.1, -0.05) is 30.3 Å². The Labute approximate surface area is 130 Å². The van der Waals surface area contributed by atoms with E-state index in [9.17, 15) is 24.9 Å². The molecule has 9 nitrogen and oxygen atoms in total. The number of nitrogens with zero attached hydrogens (tertiary/aromatic N) is 2. The number of hydrogen-bond donors (Lipinski definition) is 4. The van der Waals surface area contributed by atoms with Crippen molar-refractivity contribution < 1.29 is 34.8 Å². The van der Waals surface area contributed by atoms with Crippen molar-refractivity contribution in [3.8, 4) is 17.5 Å². The molecule has 0 spiro atoms. The Morgan fingerprint density at radius 1 is 1.13 bits per heavy atom. The average molecular weight is 322 g/mol. The number of ether oxygens (including phenoxy) is 1. The van der Waals surface area contributed by atoms with Crippen molar-refractivity contribution in [2.24, 2.45) is 0 Å². The Hall–Kier alpha value is -3.36. The molecule has 0 saturated carbocycles. The third-order valence-corrected chi connectivity index (χ3v) is 2.85. The first kappa shape index (κ1) is 16.0. The molecule has 1 amide bonds. The van der Waals surface area contributed by atoms with Crippen LogP contribution in [0.15, 0.2) is 36.4 Å². The molecule has 122 valence electrons. The first-order chi connectivity index (χ1) is 10.9. The van der Waals surface area contributed by atoms with E-state index in [1.54, 1.807) is 30.3 Å². The van der Waals surface area contributed by atoms with E-state index >= 15 is 0 Å². The third-order valence-electron chi connectivity index (χ3n) is 2.85. The molecular formula is C14H14N2O7. The highest BCUT2D eigenvalue weighted by atomic mass is 16.6. The number of aromatic hydroxyl groups is 3. The van der Waals surface area contributed by atoms with Gasteiger partial charge in [-0.15, -0.1) is 0 Å². The van der Waals surface area contributed by atoms with Gasteiger partial charge in [-0.25, -0.2) is 4.79 Å². The highest BCUT2D eigenvalue weighted by Gasteiger charge is 2.27. The lowest BCUT2D eigenvalue weighted by molar-refractivity contribution is -0.135. The Kier molecular flexibility index (Phi) is 4.60. The van der Waals surface area contributed by atoms with Crippen molar-refractivity contribution in [3.05, 3.63) is 42.0 Å². The molecular weight excluding hydrogens is 308 g/mol. The second-order valence-electron chi connectivity index (χ2n) is 4.51. The zero-order chi connectivity index (χ0) is 17.0. The Bertz CT molecular complexity index is 711. The topological polar surface area (TPSA) is 132 Å². The van der Waals surface area contributed by atoms with Gasteiger partial charge in [0.1, 0.15) is 13.2 Å². The smallest absolute Gasteiger partial charge is 0.430 e. The summed E-state index contributed by atoms with van der Waals surface area (Å²) in [5, 5.41) is 37.9. The van der Waals surface area contributed by atoms with Gasteiger partial charge >= 0.3 is 12.1 Å². The predicted molar refractivity (Wildman–Crippen MR) is 76.8 cm³/mol. The van der Waals surface area contributed by atoms with Crippen molar-refractivity contribution in [2.75, 3.05) is 11.6 Å². The van der Waals surface area contributed by atoms with Gasteiger partial charge < -0.3 is 25.2 Å². The predicted octanol–water partition coefficient (Wildman–Crippen LogP) is 0.964. The van der Waals surface area contributed by atoms with Gasteiger partial charge in [0.15, 0.2) is 5.75 Å². The molecule has 1 aromatic heterocycles. The number of rotatable bonds is 5. The number of carbonyl (C=O) groups excluding carboxylic acids is 1. The minimum Gasteiger partial charge on any atom is -0.503 e. The molecule has 1 aromatic carbocycles. The number of carboxylic acids is 1. The van der Waals surface area contributed by atoms with Gasteiger partial charge in [0.05, 0.1) is 0 Å². The summed E-state index contributed by atoms with van der Waals surface area (Å²) in [4.78, 5) is 23.0. The zero-order valence-electron chi connectivity index (χ0n) is 11.8. The van der Waals surface area contributed by atoms with Gasteiger partial charge in [-0.3, -0.25) is 4.79 Å². The summed E-state index contributed by atoms with van der Waals surface area (Å²) in [5.41, 5.74) is 0.667. The van der Waals surface area contributed by atoms with Crippen molar-refractivity contribution in [2.45, 2.75) is 6.61 Å². The van der Waals surface area contributed by atoms with Gasteiger partial charge in [-0.2, -0.15) is 9.69 Å². The zero-order valence-corrected chi connectivity index (χ0v) is 11.8. The summed E-state index contributed by atoms with van der Waals surface area (Å²) < 4.78 is 5.40. The summed E-state index contributed by atoms with van der Waals surface area (Å²) in [6.07, 6.45) is -1.13. The largest absolute Gasteiger partial charge is 0.503 e. The molecule has 0 fully saturated rings. The number of carboxylic acid groups (broad SMARTS) is 1. The summed E-state index contributed by atoms with van der Waals surface area (Å²) in [6.45, 7) is -1.03. The average Bonchev–Trinajstić information content (AvgIpc) is 2.76. The van der Waals surface area contributed by atoms with E-state index in [1.165, 1.54) is 0 Å². The molecule has 0 unspecified atom stereocenters. The molecule has 23 heavy (non-hydrogen) atoms. The van der Waals surface area contributed by atoms with Crippen LogP contribution in [0.4, 0.5) is 4.79 Å². The first-order valence-electron chi connectivity index (χ1n) is 6.43.